The Morgan fingerprint density at radius 3 is 2.37 bits per heavy atom. The maximum Gasteiger partial charge on any atom is 0.307 e. The first kappa shape index (κ1) is 15.7. The molecule has 2 unspecified atom stereocenters. The molecule has 0 aromatic heterocycles. The summed E-state index contributed by atoms with van der Waals surface area (Å²) in [5.41, 5.74) is 0.585. The maximum atomic E-state index is 11.5. The predicted molar refractivity (Wildman–Crippen MR) is 74.7 cm³/mol. The van der Waals surface area contributed by atoms with Gasteiger partial charge in [-0.05, 0) is 26.3 Å². The van der Waals surface area contributed by atoms with E-state index in [1.807, 2.05) is 51.1 Å². The molecule has 0 saturated heterocycles. The van der Waals surface area contributed by atoms with Crippen molar-refractivity contribution in [2.45, 2.75) is 44.9 Å². The third-order valence-electron chi connectivity index (χ3n) is 2.75. The molecule has 106 valence electrons. The van der Waals surface area contributed by atoms with Crippen molar-refractivity contribution in [3.05, 3.63) is 35.9 Å². The van der Waals surface area contributed by atoms with E-state index in [0.29, 0.717) is 0 Å². The molecule has 2 N–H and O–H groups in total. The normalized spacial score (nSPS) is 14.8. The Kier molecular flexibility index (Phi) is 5.51. The molecule has 1 rings (SSSR count). The minimum Gasteiger partial charge on any atom is -0.469 e. The summed E-state index contributed by atoms with van der Waals surface area (Å²) < 4.78 is 4.69. The van der Waals surface area contributed by atoms with Crippen LogP contribution in [0.1, 0.15) is 38.9 Å². The lowest BCUT2D eigenvalue weighted by molar-refractivity contribution is -0.142. The quantitative estimate of drug-likeness (QED) is 0.800. The van der Waals surface area contributed by atoms with Gasteiger partial charge in [0.2, 0.25) is 0 Å². The highest BCUT2D eigenvalue weighted by Gasteiger charge is 2.27. The number of carbonyl (C=O) groups excluding carboxylic acids is 1. The molecular weight excluding hydrogens is 242 g/mol. The van der Waals surface area contributed by atoms with Gasteiger partial charge in [0.25, 0.3) is 0 Å². The van der Waals surface area contributed by atoms with Crippen molar-refractivity contribution in [2.24, 2.45) is 0 Å². The molecule has 1 aromatic rings. The molecular formula is C15H23NO3. The van der Waals surface area contributed by atoms with E-state index in [0.717, 1.165) is 5.56 Å². The number of rotatable bonds is 5. The van der Waals surface area contributed by atoms with Crippen LogP contribution < -0.4 is 5.32 Å². The second kappa shape index (κ2) is 6.68. The van der Waals surface area contributed by atoms with E-state index in [9.17, 15) is 9.90 Å². The fraction of sp³-hybridized carbons (Fsp3) is 0.533. The second-order valence-electron chi connectivity index (χ2n) is 5.64. The summed E-state index contributed by atoms with van der Waals surface area (Å²) in [6.07, 6.45) is -0.622. The highest BCUT2D eigenvalue weighted by atomic mass is 16.5. The third kappa shape index (κ3) is 5.41. The number of carbonyl (C=O) groups is 1. The highest BCUT2D eigenvalue weighted by molar-refractivity contribution is 5.70. The average Bonchev–Trinajstić information content (AvgIpc) is 2.36. The van der Waals surface area contributed by atoms with Gasteiger partial charge in [0, 0.05) is 11.6 Å². The van der Waals surface area contributed by atoms with Gasteiger partial charge < -0.3 is 15.2 Å². The van der Waals surface area contributed by atoms with Crippen LogP contribution in [0.3, 0.4) is 0 Å². The molecule has 2 atom stereocenters. The molecule has 0 aliphatic heterocycles. The number of methoxy groups -OCH3 is 1. The van der Waals surface area contributed by atoms with Gasteiger partial charge in [0.05, 0.1) is 19.6 Å². The predicted octanol–water partition coefficient (Wildman–Crippen LogP) is 2.04. The zero-order chi connectivity index (χ0) is 14.5. The molecule has 0 spiro atoms. The molecule has 0 fully saturated rings. The number of aliphatic hydroxyl groups excluding tert-OH is 1. The molecule has 0 heterocycles. The molecule has 0 radical (unpaired) electrons. The van der Waals surface area contributed by atoms with Crippen LogP contribution in [0.25, 0.3) is 0 Å². The van der Waals surface area contributed by atoms with Gasteiger partial charge in [-0.25, -0.2) is 0 Å². The van der Waals surface area contributed by atoms with Crippen LogP contribution >= 0.6 is 0 Å². The highest BCUT2D eigenvalue weighted by Crippen LogP contribution is 2.21. The molecule has 0 aliphatic carbocycles. The van der Waals surface area contributed by atoms with Crippen molar-refractivity contribution in [3.8, 4) is 0 Å². The van der Waals surface area contributed by atoms with Crippen molar-refractivity contribution in [1.82, 2.24) is 5.32 Å². The minimum absolute atomic E-state index is 0.129. The minimum atomic E-state index is -0.750. The van der Waals surface area contributed by atoms with Gasteiger partial charge in [-0.15, -0.1) is 0 Å². The zero-order valence-electron chi connectivity index (χ0n) is 12.0. The van der Waals surface area contributed by atoms with Crippen molar-refractivity contribution < 1.29 is 14.6 Å². The first-order valence-electron chi connectivity index (χ1n) is 6.41. The summed E-state index contributed by atoms with van der Waals surface area (Å²) in [5.74, 6) is -0.336. The number of ether oxygens (including phenoxy) is 1. The van der Waals surface area contributed by atoms with Crippen LogP contribution in [-0.2, 0) is 9.53 Å². The summed E-state index contributed by atoms with van der Waals surface area (Å²) in [6, 6.07) is 8.94. The number of aliphatic hydroxyl groups is 1. The Labute approximate surface area is 114 Å². The van der Waals surface area contributed by atoms with E-state index in [4.69, 9.17) is 4.74 Å². The Morgan fingerprint density at radius 2 is 1.89 bits per heavy atom. The molecule has 4 nitrogen and oxygen atoms in total. The number of hydrogen-bond donors (Lipinski definition) is 2. The summed E-state index contributed by atoms with van der Waals surface area (Å²) in [4.78, 5) is 11.5. The van der Waals surface area contributed by atoms with Crippen LogP contribution in [0, 0.1) is 0 Å². The monoisotopic (exact) mass is 265 g/mol. The third-order valence-corrected chi connectivity index (χ3v) is 2.75. The van der Waals surface area contributed by atoms with Crippen LogP contribution in [0.4, 0.5) is 0 Å². The van der Waals surface area contributed by atoms with Crippen LogP contribution in [-0.4, -0.2) is 29.8 Å². The summed E-state index contributed by atoms with van der Waals surface area (Å²) >= 11 is 0. The van der Waals surface area contributed by atoms with E-state index in [2.05, 4.69) is 5.32 Å². The first-order chi connectivity index (χ1) is 8.83. The van der Waals surface area contributed by atoms with Crippen molar-refractivity contribution in [2.75, 3.05) is 7.11 Å². The number of benzene rings is 1. The molecule has 0 bridgehead atoms. The van der Waals surface area contributed by atoms with Gasteiger partial charge in [0.1, 0.15) is 0 Å². The molecule has 19 heavy (non-hydrogen) atoms. The van der Waals surface area contributed by atoms with Gasteiger partial charge in [-0.1, -0.05) is 30.3 Å². The Hall–Kier alpha value is -1.39. The molecule has 4 heteroatoms. The van der Waals surface area contributed by atoms with E-state index in [1.165, 1.54) is 7.11 Å². The van der Waals surface area contributed by atoms with Crippen molar-refractivity contribution in [3.63, 3.8) is 0 Å². The molecule has 0 saturated carbocycles. The molecule has 0 aliphatic rings. The van der Waals surface area contributed by atoms with Gasteiger partial charge in [0.15, 0.2) is 0 Å². The lowest BCUT2D eigenvalue weighted by atomic mass is 9.96. The van der Waals surface area contributed by atoms with Crippen LogP contribution in [0.2, 0.25) is 0 Å². The lowest BCUT2D eigenvalue weighted by Crippen LogP contribution is -2.47. The van der Waals surface area contributed by atoms with Gasteiger partial charge in [-0.2, -0.15) is 0 Å². The maximum absolute atomic E-state index is 11.5. The smallest absolute Gasteiger partial charge is 0.307 e. The van der Waals surface area contributed by atoms with E-state index in [1.54, 1.807) is 0 Å². The Bertz CT molecular complexity index is 398. The van der Waals surface area contributed by atoms with E-state index >= 15 is 0 Å². The summed E-state index contributed by atoms with van der Waals surface area (Å²) in [5, 5.41) is 13.7. The first-order valence-corrected chi connectivity index (χ1v) is 6.41. The van der Waals surface area contributed by atoms with E-state index < -0.39 is 6.10 Å². The second-order valence-corrected chi connectivity index (χ2v) is 5.64. The number of esters is 1. The van der Waals surface area contributed by atoms with Gasteiger partial charge in [-0.3, -0.25) is 4.79 Å². The Morgan fingerprint density at radius 1 is 1.32 bits per heavy atom. The lowest BCUT2D eigenvalue weighted by Gasteiger charge is -2.31. The fourth-order valence-corrected chi connectivity index (χ4v) is 1.94. The number of hydrogen-bond acceptors (Lipinski definition) is 4. The summed E-state index contributed by atoms with van der Waals surface area (Å²) in [7, 11) is 1.35. The van der Waals surface area contributed by atoms with Crippen LogP contribution in [0.15, 0.2) is 30.3 Å². The topological polar surface area (TPSA) is 58.6 Å². The SMILES string of the molecule is COC(=O)CC(NC(C)(C)C)C(O)c1ccccc1. The Balaban J connectivity index is 2.86. The molecule has 1 aromatic carbocycles. The van der Waals surface area contributed by atoms with E-state index in [-0.39, 0.29) is 24.0 Å². The average molecular weight is 265 g/mol. The number of nitrogens with one attached hydrogen (secondary N) is 1. The van der Waals surface area contributed by atoms with Crippen LogP contribution in [0.5, 0.6) is 0 Å². The summed E-state index contributed by atoms with van der Waals surface area (Å²) in [6.45, 7) is 5.99. The van der Waals surface area contributed by atoms with Crippen molar-refractivity contribution >= 4 is 5.97 Å². The van der Waals surface area contributed by atoms with Gasteiger partial charge >= 0.3 is 5.97 Å². The standard InChI is InChI=1S/C15H23NO3/c1-15(2,3)16-12(10-13(17)19-4)14(18)11-8-6-5-7-9-11/h5-9,12,14,16,18H,10H2,1-4H3. The van der Waals surface area contributed by atoms with Crippen molar-refractivity contribution in [1.29, 1.82) is 0 Å². The molecule has 0 amide bonds. The fourth-order valence-electron chi connectivity index (χ4n) is 1.94. The zero-order valence-corrected chi connectivity index (χ0v) is 12.0. The largest absolute Gasteiger partial charge is 0.469 e.